The molecule has 31 heavy (non-hydrogen) atoms. The average Bonchev–Trinajstić information content (AvgIpc) is 3.55. The number of piperidine rings is 2. The van der Waals surface area contributed by atoms with E-state index in [2.05, 4.69) is 57.4 Å². The predicted octanol–water partition coefficient (Wildman–Crippen LogP) is 4.37. The van der Waals surface area contributed by atoms with Gasteiger partial charge in [-0.15, -0.1) is 24.0 Å². The number of ether oxygens (including phenoxy) is 1. The predicted molar refractivity (Wildman–Crippen MR) is 139 cm³/mol. The molecule has 1 aromatic carbocycles. The van der Waals surface area contributed by atoms with Crippen molar-refractivity contribution in [3.63, 3.8) is 0 Å². The van der Waals surface area contributed by atoms with Crippen molar-refractivity contribution in [2.75, 3.05) is 46.4 Å². The van der Waals surface area contributed by atoms with E-state index in [1.807, 2.05) is 7.05 Å². The van der Waals surface area contributed by atoms with E-state index in [1.54, 1.807) is 0 Å². The summed E-state index contributed by atoms with van der Waals surface area (Å²) >= 11 is 0. The van der Waals surface area contributed by atoms with E-state index < -0.39 is 0 Å². The quantitative estimate of drug-likeness (QED) is 0.230. The molecule has 0 aromatic heterocycles. The van der Waals surface area contributed by atoms with Gasteiger partial charge in [0.15, 0.2) is 5.96 Å². The molecule has 0 amide bonds. The second-order valence-electron chi connectivity index (χ2n) is 9.51. The summed E-state index contributed by atoms with van der Waals surface area (Å²) in [6.45, 7) is 9.42. The maximum Gasteiger partial charge on any atom is 0.193 e. The normalized spacial score (nSPS) is 25.5. The first-order valence-corrected chi connectivity index (χ1v) is 12.0. The van der Waals surface area contributed by atoms with Gasteiger partial charge in [-0.05, 0) is 68.9 Å². The second-order valence-corrected chi connectivity index (χ2v) is 9.51. The molecule has 5 nitrogen and oxygen atoms in total. The van der Waals surface area contributed by atoms with E-state index >= 15 is 0 Å². The van der Waals surface area contributed by atoms with Crippen LogP contribution in [0.25, 0.3) is 0 Å². The highest BCUT2D eigenvalue weighted by atomic mass is 127. The van der Waals surface area contributed by atoms with Crippen LogP contribution in [0.5, 0.6) is 0 Å². The molecule has 4 rings (SSSR count). The third-order valence-electron chi connectivity index (χ3n) is 7.48. The number of benzene rings is 1. The van der Waals surface area contributed by atoms with Gasteiger partial charge in [0.25, 0.3) is 0 Å². The van der Waals surface area contributed by atoms with Crippen LogP contribution < -0.4 is 5.32 Å². The zero-order chi connectivity index (χ0) is 20.8. The van der Waals surface area contributed by atoms with Gasteiger partial charge in [0.05, 0.1) is 0 Å². The van der Waals surface area contributed by atoms with Gasteiger partial charge in [-0.2, -0.15) is 0 Å². The van der Waals surface area contributed by atoms with Crippen LogP contribution in [0.15, 0.2) is 35.3 Å². The zero-order valence-corrected chi connectivity index (χ0v) is 21.7. The van der Waals surface area contributed by atoms with Gasteiger partial charge in [-0.3, -0.25) is 9.89 Å². The molecular formula is C25H41IN4O. The molecule has 1 N–H and O–H groups in total. The van der Waals surface area contributed by atoms with Crippen molar-refractivity contribution in [1.29, 1.82) is 0 Å². The smallest absolute Gasteiger partial charge is 0.193 e. The summed E-state index contributed by atoms with van der Waals surface area (Å²) in [6.07, 6.45) is 7.72. The highest BCUT2D eigenvalue weighted by molar-refractivity contribution is 14.0. The summed E-state index contributed by atoms with van der Waals surface area (Å²) in [7, 11) is 1.94. The lowest BCUT2D eigenvalue weighted by Crippen LogP contribution is -2.57. The van der Waals surface area contributed by atoms with Crippen LogP contribution in [0, 0.1) is 11.3 Å². The van der Waals surface area contributed by atoms with Gasteiger partial charge in [0, 0.05) is 52.5 Å². The molecule has 6 heteroatoms. The van der Waals surface area contributed by atoms with Crippen molar-refractivity contribution in [3.05, 3.63) is 35.9 Å². The van der Waals surface area contributed by atoms with Crippen LogP contribution in [-0.2, 0) is 11.3 Å². The summed E-state index contributed by atoms with van der Waals surface area (Å²) in [6, 6.07) is 11.7. The minimum Gasteiger partial charge on any atom is -0.382 e. The summed E-state index contributed by atoms with van der Waals surface area (Å²) in [5.41, 5.74) is 1.89. The fourth-order valence-electron chi connectivity index (χ4n) is 5.44. The van der Waals surface area contributed by atoms with Crippen molar-refractivity contribution < 1.29 is 4.74 Å². The fraction of sp³-hybridized carbons (Fsp3) is 0.720. The summed E-state index contributed by atoms with van der Waals surface area (Å²) < 4.78 is 5.60. The molecule has 1 aliphatic carbocycles. The highest BCUT2D eigenvalue weighted by Crippen LogP contribution is 2.48. The number of hydrogen-bond acceptors (Lipinski definition) is 3. The molecule has 1 aromatic rings. The Bertz CT molecular complexity index is 694. The lowest BCUT2D eigenvalue weighted by molar-refractivity contribution is 0.0371. The lowest BCUT2D eigenvalue weighted by atomic mass is 9.83. The van der Waals surface area contributed by atoms with E-state index in [-0.39, 0.29) is 24.0 Å². The molecule has 2 aliphatic heterocycles. The van der Waals surface area contributed by atoms with E-state index in [1.165, 1.54) is 50.6 Å². The third-order valence-corrected chi connectivity index (χ3v) is 7.48. The highest BCUT2D eigenvalue weighted by Gasteiger charge is 2.42. The Labute approximate surface area is 206 Å². The minimum atomic E-state index is 0. The lowest BCUT2D eigenvalue weighted by Gasteiger charge is -2.48. The number of halogens is 1. The van der Waals surface area contributed by atoms with Crippen LogP contribution >= 0.6 is 24.0 Å². The largest absolute Gasteiger partial charge is 0.382 e. The molecule has 0 spiro atoms. The second kappa shape index (κ2) is 11.8. The number of nitrogens with one attached hydrogen (secondary N) is 1. The Morgan fingerprint density at radius 3 is 2.71 bits per heavy atom. The summed E-state index contributed by atoms with van der Waals surface area (Å²) in [5.74, 6) is 1.86. The number of hydrogen-bond donors (Lipinski definition) is 1. The standard InChI is InChI=1S/C25H40N4O.HI/c1-3-30-17-14-25(12-13-25)20-27-24(26-2)29-16-11-23-22(19-29)10-7-15-28(23)18-21-8-5-4-6-9-21;/h4-6,8-9,22-23H,3,7,10-20H2,1-2H3,(H,26,27);1H. The van der Waals surface area contributed by atoms with E-state index in [4.69, 9.17) is 4.74 Å². The molecule has 3 aliphatic rings. The first-order valence-electron chi connectivity index (χ1n) is 12.0. The van der Waals surface area contributed by atoms with Gasteiger partial charge >= 0.3 is 0 Å². The summed E-state index contributed by atoms with van der Waals surface area (Å²) in [4.78, 5) is 9.91. The van der Waals surface area contributed by atoms with Gasteiger partial charge in [0.2, 0.25) is 0 Å². The molecule has 2 atom stereocenters. The van der Waals surface area contributed by atoms with Crippen molar-refractivity contribution >= 4 is 29.9 Å². The monoisotopic (exact) mass is 540 g/mol. The van der Waals surface area contributed by atoms with Crippen molar-refractivity contribution in [2.45, 2.75) is 58.0 Å². The fourth-order valence-corrected chi connectivity index (χ4v) is 5.44. The Morgan fingerprint density at radius 1 is 1.19 bits per heavy atom. The zero-order valence-electron chi connectivity index (χ0n) is 19.4. The van der Waals surface area contributed by atoms with Crippen molar-refractivity contribution in [1.82, 2.24) is 15.1 Å². The molecule has 3 fully saturated rings. The number of rotatable bonds is 8. The molecule has 2 heterocycles. The van der Waals surface area contributed by atoms with E-state index in [0.29, 0.717) is 11.5 Å². The Morgan fingerprint density at radius 2 is 2.00 bits per heavy atom. The molecule has 174 valence electrons. The van der Waals surface area contributed by atoms with Crippen molar-refractivity contribution in [2.24, 2.45) is 16.3 Å². The van der Waals surface area contributed by atoms with Gasteiger partial charge < -0.3 is 15.0 Å². The molecule has 2 saturated heterocycles. The van der Waals surface area contributed by atoms with Crippen LogP contribution in [0.4, 0.5) is 0 Å². The van der Waals surface area contributed by atoms with Crippen LogP contribution in [0.2, 0.25) is 0 Å². The number of likely N-dealkylation sites (tertiary alicyclic amines) is 2. The molecule has 2 unspecified atom stereocenters. The van der Waals surface area contributed by atoms with Crippen molar-refractivity contribution in [3.8, 4) is 0 Å². The Hall–Kier alpha value is -0.860. The van der Waals surface area contributed by atoms with Gasteiger partial charge in [-0.1, -0.05) is 30.3 Å². The molecular weight excluding hydrogens is 499 g/mol. The molecule has 0 radical (unpaired) electrons. The Kier molecular flexibility index (Phi) is 9.47. The average molecular weight is 541 g/mol. The van der Waals surface area contributed by atoms with Crippen LogP contribution in [-0.4, -0.2) is 68.2 Å². The minimum absolute atomic E-state index is 0. The van der Waals surface area contributed by atoms with E-state index in [9.17, 15) is 0 Å². The maximum absolute atomic E-state index is 5.60. The summed E-state index contributed by atoms with van der Waals surface area (Å²) in [5, 5.41) is 3.72. The first kappa shape index (κ1) is 24.8. The Balaban J connectivity index is 0.00000272. The van der Waals surface area contributed by atoms with E-state index in [0.717, 1.165) is 51.3 Å². The maximum atomic E-state index is 5.60. The first-order chi connectivity index (χ1) is 14.7. The molecule has 1 saturated carbocycles. The topological polar surface area (TPSA) is 40.1 Å². The number of guanidine groups is 1. The van der Waals surface area contributed by atoms with Crippen LogP contribution in [0.1, 0.15) is 51.0 Å². The number of nitrogens with zero attached hydrogens (tertiary/aromatic N) is 3. The van der Waals surface area contributed by atoms with Gasteiger partial charge in [0.1, 0.15) is 0 Å². The van der Waals surface area contributed by atoms with Gasteiger partial charge in [-0.25, -0.2) is 0 Å². The number of aliphatic imine (C=N–C) groups is 1. The SMILES string of the molecule is CCOCCC1(CNC(=NC)N2CCC3C(CCCN3Cc3ccccc3)C2)CC1.I. The van der Waals surface area contributed by atoms with Crippen LogP contribution in [0.3, 0.4) is 0 Å². The third kappa shape index (κ3) is 6.57. The number of fused-ring (bicyclic) bond motifs is 1. The molecule has 0 bridgehead atoms.